The standard InChI is InChI=1S/C74H46N2S/c1-3-20-49(21-4-1)73(50-22-5-2-6-23-50)58-29-11-7-26-56(58)70-61(73)32-18-37-66(70)75(51-43-40-47(41-44-51)48-42-45-54-53-25-10-16-39-68(53)77-69(54)46-48)67-38-19-33-62-71(67)57-27-8-12-30-59(57)74(62)60-31-13-15-36-65(60)76-64-35-14-9-24-52(64)55-28-17-34-63(74)72(55)76/h1-46H. The highest BCUT2D eigenvalue weighted by atomic mass is 32.1. The van der Waals surface area contributed by atoms with E-state index >= 15 is 0 Å². The van der Waals surface area contributed by atoms with Gasteiger partial charge in [0.25, 0.3) is 0 Å². The Bertz CT molecular complexity index is 4710. The monoisotopic (exact) mass is 994 g/mol. The summed E-state index contributed by atoms with van der Waals surface area (Å²) in [5, 5.41) is 5.18. The molecule has 1 atom stereocenters. The Hall–Kier alpha value is -9.54. The van der Waals surface area contributed by atoms with Crippen LogP contribution in [0.25, 0.3) is 81.0 Å². The molecule has 0 N–H and O–H groups in total. The van der Waals surface area contributed by atoms with E-state index in [4.69, 9.17) is 0 Å². The lowest BCUT2D eigenvalue weighted by atomic mass is 9.65. The van der Waals surface area contributed by atoms with Crippen LogP contribution in [0.2, 0.25) is 0 Å². The van der Waals surface area contributed by atoms with Crippen LogP contribution in [0.3, 0.4) is 0 Å². The molecule has 0 saturated heterocycles. The quantitative estimate of drug-likeness (QED) is 0.161. The molecule has 2 aromatic heterocycles. The molecule has 0 saturated carbocycles. The fourth-order valence-corrected chi connectivity index (χ4v) is 15.7. The third kappa shape index (κ3) is 5.58. The molecule has 0 radical (unpaired) electrons. The Kier molecular flexibility index (Phi) is 8.88. The third-order valence-corrected chi connectivity index (χ3v) is 18.6. The van der Waals surface area contributed by atoms with Crippen molar-refractivity contribution in [2.24, 2.45) is 0 Å². The SMILES string of the molecule is c1ccc(C2(c3ccccc3)c3ccccc3-c3c(N(c4ccc(-c5ccc6c(c5)sc5ccccc56)cc4)c4cccc5c4-c4ccccc4C54c5ccccc5-n5c6ccccc6c6cccc4c65)cccc32)cc1. The summed E-state index contributed by atoms with van der Waals surface area (Å²) in [5.41, 5.74) is 23.6. The van der Waals surface area contributed by atoms with Crippen molar-refractivity contribution in [3.05, 3.63) is 324 Å². The van der Waals surface area contributed by atoms with Crippen LogP contribution in [-0.2, 0) is 10.8 Å². The van der Waals surface area contributed by atoms with Gasteiger partial charge in [0.05, 0.1) is 38.9 Å². The Morgan fingerprint density at radius 1 is 0.325 bits per heavy atom. The van der Waals surface area contributed by atoms with Gasteiger partial charge in [0.1, 0.15) is 0 Å². The normalized spacial score (nSPS) is 15.2. The highest BCUT2D eigenvalue weighted by Gasteiger charge is 2.52. The molecule has 3 aliphatic rings. The fourth-order valence-electron chi connectivity index (χ4n) is 14.6. The predicted molar refractivity (Wildman–Crippen MR) is 322 cm³/mol. The van der Waals surface area contributed by atoms with Gasteiger partial charge in [-0.05, 0) is 115 Å². The fraction of sp³-hybridized carbons (Fsp3) is 0.0270. The summed E-state index contributed by atoms with van der Waals surface area (Å²) in [6.07, 6.45) is 0. The zero-order chi connectivity index (χ0) is 50.4. The molecule has 2 nitrogen and oxygen atoms in total. The van der Waals surface area contributed by atoms with Crippen LogP contribution in [0, 0.1) is 0 Å². The van der Waals surface area contributed by atoms with Gasteiger partial charge in [-0.2, -0.15) is 0 Å². The first-order valence-corrected chi connectivity index (χ1v) is 27.6. The molecule has 3 heteroatoms. The molecule has 1 spiro atoms. The molecule has 77 heavy (non-hydrogen) atoms. The van der Waals surface area contributed by atoms with Gasteiger partial charge < -0.3 is 9.47 Å². The van der Waals surface area contributed by atoms with Gasteiger partial charge in [0, 0.05) is 47.8 Å². The summed E-state index contributed by atoms with van der Waals surface area (Å²) < 4.78 is 5.16. The number of fused-ring (bicyclic) bond motifs is 18. The highest BCUT2D eigenvalue weighted by molar-refractivity contribution is 7.25. The zero-order valence-electron chi connectivity index (χ0n) is 41.9. The summed E-state index contributed by atoms with van der Waals surface area (Å²) in [5.74, 6) is 0. The van der Waals surface area contributed by atoms with E-state index in [9.17, 15) is 0 Å². The second-order valence-electron chi connectivity index (χ2n) is 21.0. The van der Waals surface area contributed by atoms with Gasteiger partial charge in [0.2, 0.25) is 0 Å². The molecule has 14 aromatic rings. The Labute approximate surface area is 450 Å². The van der Waals surface area contributed by atoms with Crippen molar-refractivity contribution in [1.29, 1.82) is 0 Å². The van der Waals surface area contributed by atoms with E-state index in [1.807, 2.05) is 11.3 Å². The maximum atomic E-state index is 2.60. The molecule has 12 aromatic carbocycles. The molecule has 2 aliphatic carbocycles. The number of thiophene rings is 1. The van der Waals surface area contributed by atoms with E-state index in [0.29, 0.717) is 0 Å². The molecule has 1 aliphatic heterocycles. The molecule has 0 amide bonds. The van der Waals surface area contributed by atoms with Crippen LogP contribution >= 0.6 is 11.3 Å². The second-order valence-corrected chi connectivity index (χ2v) is 22.1. The lowest BCUT2D eigenvalue weighted by Gasteiger charge is -2.39. The maximum Gasteiger partial charge on any atom is 0.0755 e. The average Bonchev–Trinajstić information content (AvgIpc) is 4.35. The minimum atomic E-state index is -0.607. The Balaban J connectivity index is 0.956. The van der Waals surface area contributed by atoms with Crippen molar-refractivity contribution < 1.29 is 0 Å². The molecule has 358 valence electrons. The summed E-state index contributed by atoms with van der Waals surface area (Å²) in [6, 6.07) is 105. The lowest BCUT2D eigenvalue weighted by molar-refractivity contribution is 0.748. The van der Waals surface area contributed by atoms with Gasteiger partial charge in [-0.25, -0.2) is 0 Å². The van der Waals surface area contributed by atoms with Crippen molar-refractivity contribution in [3.8, 4) is 39.1 Å². The topological polar surface area (TPSA) is 8.17 Å². The maximum absolute atomic E-state index is 2.60. The van der Waals surface area contributed by atoms with E-state index in [0.717, 1.165) is 17.1 Å². The summed E-state index contributed by atoms with van der Waals surface area (Å²) in [7, 11) is 0. The molecule has 1 unspecified atom stereocenters. The number of para-hydroxylation sites is 3. The lowest BCUT2D eigenvalue weighted by Crippen LogP contribution is -2.33. The first kappa shape index (κ1) is 42.8. The Morgan fingerprint density at radius 3 is 1.55 bits per heavy atom. The van der Waals surface area contributed by atoms with Crippen LogP contribution in [0.5, 0.6) is 0 Å². The third-order valence-electron chi connectivity index (χ3n) is 17.5. The van der Waals surface area contributed by atoms with Crippen molar-refractivity contribution in [2.45, 2.75) is 10.8 Å². The minimum absolute atomic E-state index is 0.566. The number of anilines is 3. The highest BCUT2D eigenvalue weighted by Crippen LogP contribution is 2.65. The van der Waals surface area contributed by atoms with Gasteiger partial charge >= 0.3 is 0 Å². The number of aromatic nitrogens is 1. The second kappa shape index (κ2) is 16.0. The average molecular weight is 995 g/mol. The molecular formula is C74H46N2S. The molecule has 3 heterocycles. The summed E-state index contributed by atoms with van der Waals surface area (Å²) in [4.78, 5) is 2.60. The van der Waals surface area contributed by atoms with Gasteiger partial charge in [-0.1, -0.05) is 231 Å². The smallest absolute Gasteiger partial charge is 0.0755 e. The number of hydrogen-bond acceptors (Lipinski definition) is 2. The van der Waals surface area contributed by atoms with Crippen LogP contribution < -0.4 is 4.90 Å². The first-order chi connectivity index (χ1) is 38.2. The molecular weight excluding hydrogens is 949 g/mol. The zero-order valence-corrected chi connectivity index (χ0v) is 42.7. The first-order valence-electron chi connectivity index (χ1n) is 26.7. The summed E-state index contributed by atoms with van der Waals surface area (Å²) >= 11 is 1.87. The Morgan fingerprint density at radius 2 is 0.831 bits per heavy atom. The van der Waals surface area contributed by atoms with Crippen molar-refractivity contribution in [3.63, 3.8) is 0 Å². The van der Waals surface area contributed by atoms with E-state index in [1.54, 1.807) is 0 Å². The van der Waals surface area contributed by atoms with Gasteiger partial charge in [-0.3, -0.25) is 0 Å². The largest absolute Gasteiger partial charge is 0.309 e. The van der Waals surface area contributed by atoms with Gasteiger partial charge in [0.15, 0.2) is 0 Å². The number of benzene rings is 12. The predicted octanol–water partition coefficient (Wildman–Crippen LogP) is 19.3. The van der Waals surface area contributed by atoms with Crippen molar-refractivity contribution in [1.82, 2.24) is 4.57 Å². The number of nitrogens with zero attached hydrogens (tertiary/aromatic N) is 2. The van der Waals surface area contributed by atoms with E-state index < -0.39 is 10.8 Å². The number of hydrogen-bond donors (Lipinski definition) is 0. The van der Waals surface area contributed by atoms with Crippen LogP contribution in [0.1, 0.15) is 44.5 Å². The van der Waals surface area contributed by atoms with Crippen molar-refractivity contribution >= 4 is 70.4 Å². The van der Waals surface area contributed by atoms with Gasteiger partial charge in [-0.15, -0.1) is 11.3 Å². The van der Waals surface area contributed by atoms with Crippen LogP contribution in [-0.4, -0.2) is 4.57 Å². The minimum Gasteiger partial charge on any atom is -0.309 e. The number of rotatable bonds is 6. The molecule has 0 fully saturated rings. The summed E-state index contributed by atoms with van der Waals surface area (Å²) in [6.45, 7) is 0. The van der Waals surface area contributed by atoms with E-state index in [2.05, 4.69) is 289 Å². The van der Waals surface area contributed by atoms with E-state index in [-0.39, 0.29) is 0 Å². The van der Waals surface area contributed by atoms with Crippen LogP contribution in [0.4, 0.5) is 17.1 Å². The van der Waals surface area contributed by atoms with Crippen molar-refractivity contribution in [2.75, 3.05) is 4.90 Å². The van der Waals surface area contributed by atoms with E-state index in [1.165, 1.54) is 126 Å². The molecule has 17 rings (SSSR count). The molecule has 0 bridgehead atoms. The van der Waals surface area contributed by atoms with Crippen LogP contribution in [0.15, 0.2) is 279 Å².